The molecule has 10 heavy (non-hydrogen) atoms. The fourth-order valence-electron chi connectivity index (χ4n) is 0.764. The summed E-state index contributed by atoms with van der Waals surface area (Å²) in [7, 11) is 0. The summed E-state index contributed by atoms with van der Waals surface area (Å²) in [6.45, 7) is 5.67. The number of nitrogens with two attached hydrogens (primary N) is 1. The van der Waals surface area contributed by atoms with Crippen molar-refractivity contribution in [2.75, 3.05) is 13.1 Å². The van der Waals surface area contributed by atoms with Gasteiger partial charge >= 0.3 is 0 Å². The van der Waals surface area contributed by atoms with E-state index >= 15 is 0 Å². The van der Waals surface area contributed by atoms with Crippen LogP contribution in [0.1, 0.15) is 13.8 Å². The molecular formula is C7H14N2O. The van der Waals surface area contributed by atoms with Crippen LogP contribution in [-0.4, -0.2) is 24.3 Å². The van der Waals surface area contributed by atoms with Gasteiger partial charge in [-0.05, 0) is 13.8 Å². The number of hydrogen-bond donors (Lipinski definition) is 1. The summed E-state index contributed by atoms with van der Waals surface area (Å²) in [6.07, 6.45) is 2.07. The van der Waals surface area contributed by atoms with Gasteiger partial charge in [0.2, 0.25) is 0 Å². The van der Waals surface area contributed by atoms with E-state index in [0.29, 0.717) is 12.1 Å². The second-order valence-corrected chi connectivity index (χ2v) is 1.90. The Morgan fingerprint density at radius 2 is 2.00 bits per heavy atom. The topological polar surface area (TPSA) is 46.3 Å². The molecule has 0 atom stereocenters. The first kappa shape index (κ1) is 9.01. The SMILES string of the molecule is CCN(CC)C(N)=CC=O. The van der Waals surface area contributed by atoms with Crippen LogP contribution in [0, 0.1) is 0 Å². The van der Waals surface area contributed by atoms with Crippen LogP contribution in [-0.2, 0) is 4.79 Å². The molecule has 0 aromatic rings. The van der Waals surface area contributed by atoms with E-state index in [9.17, 15) is 4.79 Å². The maximum atomic E-state index is 9.97. The largest absolute Gasteiger partial charge is 0.385 e. The first-order valence-electron chi connectivity index (χ1n) is 3.42. The number of rotatable bonds is 4. The maximum absolute atomic E-state index is 9.97. The Labute approximate surface area is 61.5 Å². The van der Waals surface area contributed by atoms with Gasteiger partial charge in [-0.15, -0.1) is 0 Å². The second kappa shape index (κ2) is 4.85. The third-order valence-electron chi connectivity index (χ3n) is 1.37. The molecule has 58 valence electrons. The van der Waals surface area contributed by atoms with Crippen molar-refractivity contribution in [3.8, 4) is 0 Å². The van der Waals surface area contributed by atoms with Gasteiger partial charge in [0, 0.05) is 19.2 Å². The van der Waals surface area contributed by atoms with E-state index in [2.05, 4.69) is 0 Å². The molecule has 3 heteroatoms. The highest BCUT2D eigenvalue weighted by Gasteiger charge is 1.97. The highest BCUT2D eigenvalue weighted by Crippen LogP contribution is 1.93. The van der Waals surface area contributed by atoms with Crippen LogP contribution in [0.2, 0.25) is 0 Å². The highest BCUT2D eigenvalue weighted by atomic mass is 16.1. The molecule has 0 fully saturated rings. The summed E-state index contributed by atoms with van der Waals surface area (Å²) in [6, 6.07) is 0. The minimum atomic E-state index is 0.542. The molecule has 0 radical (unpaired) electrons. The smallest absolute Gasteiger partial charge is 0.146 e. The average molecular weight is 142 g/mol. The number of allylic oxidation sites excluding steroid dienone is 1. The molecule has 0 rings (SSSR count). The molecule has 0 saturated heterocycles. The van der Waals surface area contributed by atoms with Crippen LogP contribution in [0.3, 0.4) is 0 Å². The third-order valence-corrected chi connectivity index (χ3v) is 1.37. The fraction of sp³-hybridized carbons (Fsp3) is 0.571. The minimum absolute atomic E-state index is 0.542. The summed E-state index contributed by atoms with van der Waals surface area (Å²) in [5, 5.41) is 0. The third kappa shape index (κ3) is 2.53. The van der Waals surface area contributed by atoms with Crippen molar-refractivity contribution in [1.82, 2.24) is 4.90 Å². The fourth-order valence-corrected chi connectivity index (χ4v) is 0.764. The van der Waals surface area contributed by atoms with Gasteiger partial charge in [-0.25, -0.2) is 0 Å². The van der Waals surface area contributed by atoms with Crippen molar-refractivity contribution in [3.05, 3.63) is 11.9 Å². The first-order valence-corrected chi connectivity index (χ1v) is 3.42. The lowest BCUT2D eigenvalue weighted by molar-refractivity contribution is -0.104. The molecule has 0 aromatic carbocycles. The quantitative estimate of drug-likeness (QED) is 0.454. The van der Waals surface area contributed by atoms with E-state index < -0.39 is 0 Å². The molecule has 0 aromatic heterocycles. The standard InChI is InChI=1S/C7H14N2O/c1-3-9(4-2)7(8)5-6-10/h5-6H,3-4,8H2,1-2H3. The van der Waals surface area contributed by atoms with Crippen molar-refractivity contribution < 1.29 is 4.79 Å². The number of carbonyl (C=O) groups excluding carboxylic acids is 1. The normalized spacial score (nSPS) is 11.2. The Kier molecular flexibility index (Phi) is 4.37. The van der Waals surface area contributed by atoms with Gasteiger partial charge in [0.15, 0.2) is 0 Å². The van der Waals surface area contributed by atoms with E-state index in [4.69, 9.17) is 5.73 Å². The van der Waals surface area contributed by atoms with Gasteiger partial charge in [-0.1, -0.05) is 0 Å². The summed E-state index contributed by atoms with van der Waals surface area (Å²) in [5.74, 6) is 0.542. The van der Waals surface area contributed by atoms with E-state index in [-0.39, 0.29) is 0 Å². The van der Waals surface area contributed by atoms with E-state index in [1.54, 1.807) is 0 Å². The summed E-state index contributed by atoms with van der Waals surface area (Å²) >= 11 is 0. The van der Waals surface area contributed by atoms with Crippen LogP contribution in [0.4, 0.5) is 0 Å². The van der Waals surface area contributed by atoms with Crippen LogP contribution >= 0.6 is 0 Å². The molecule has 0 bridgehead atoms. The summed E-state index contributed by atoms with van der Waals surface area (Å²) in [5.41, 5.74) is 5.51. The Hall–Kier alpha value is -0.990. The maximum Gasteiger partial charge on any atom is 0.146 e. The zero-order valence-electron chi connectivity index (χ0n) is 6.50. The predicted molar refractivity (Wildman–Crippen MR) is 41.3 cm³/mol. The lowest BCUT2D eigenvalue weighted by Crippen LogP contribution is -2.27. The van der Waals surface area contributed by atoms with Gasteiger partial charge in [-0.2, -0.15) is 0 Å². The Balaban J connectivity index is 3.99. The van der Waals surface area contributed by atoms with Gasteiger partial charge in [0.1, 0.15) is 12.1 Å². The van der Waals surface area contributed by atoms with Crippen molar-refractivity contribution >= 4 is 6.29 Å². The second-order valence-electron chi connectivity index (χ2n) is 1.90. The van der Waals surface area contributed by atoms with Crippen molar-refractivity contribution in [1.29, 1.82) is 0 Å². The van der Waals surface area contributed by atoms with Crippen LogP contribution in [0.25, 0.3) is 0 Å². The van der Waals surface area contributed by atoms with Gasteiger partial charge in [0.05, 0.1) is 0 Å². The van der Waals surface area contributed by atoms with E-state index in [1.165, 1.54) is 6.08 Å². The van der Waals surface area contributed by atoms with E-state index in [0.717, 1.165) is 13.1 Å². The monoisotopic (exact) mass is 142 g/mol. The molecule has 0 aliphatic carbocycles. The van der Waals surface area contributed by atoms with Crippen molar-refractivity contribution in [2.45, 2.75) is 13.8 Å². The number of aldehydes is 1. The van der Waals surface area contributed by atoms with Crippen LogP contribution < -0.4 is 5.73 Å². The first-order chi connectivity index (χ1) is 4.76. The zero-order chi connectivity index (χ0) is 7.98. The Bertz CT molecular complexity index is 128. The lowest BCUT2D eigenvalue weighted by atomic mass is 10.4. The molecular weight excluding hydrogens is 128 g/mol. The minimum Gasteiger partial charge on any atom is -0.385 e. The number of carbonyl (C=O) groups is 1. The summed E-state index contributed by atoms with van der Waals surface area (Å²) < 4.78 is 0. The van der Waals surface area contributed by atoms with Crippen molar-refractivity contribution in [3.63, 3.8) is 0 Å². The Morgan fingerprint density at radius 3 is 2.30 bits per heavy atom. The lowest BCUT2D eigenvalue weighted by Gasteiger charge is -2.19. The molecule has 0 aliphatic heterocycles. The molecule has 0 saturated carbocycles. The number of nitrogens with zero attached hydrogens (tertiary/aromatic N) is 1. The molecule has 0 amide bonds. The molecule has 0 unspecified atom stereocenters. The molecule has 0 spiro atoms. The van der Waals surface area contributed by atoms with Gasteiger partial charge in [0.25, 0.3) is 0 Å². The Morgan fingerprint density at radius 1 is 1.50 bits per heavy atom. The molecule has 2 N–H and O–H groups in total. The molecule has 3 nitrogen and oxygen atoms in total. The van der Waals surface area contributed by atoms with E-state index in [1.807, 2.05) is 18.7 Å². The number of hydrogen-bond acceptors (Lipinski definition) is 3. The van der Waals surface area contributed by atoms with Gasteiger partial charge in [-0.3, -0.25) is 4.79 Å². The predicted octanol–water partition coefficient (Wildman–Crippen LogP) is 0.327. The van der Waals surface area contributed by atoms with Crippen LogP contribution in [0.5, 0.6) is 0 Å². The average Bonchev–Trinajstić information content (AvgIpc) is 1.91. The molecule has 0 aliphatic rings. The zero-order valence-corrected chi connectivity index (χ0v) is 6.50. The molecule has 0 heterocycles. The highest BCUT2D eigenvalue weighted by molar-refractivity contribution is 5.65. The summed E-state index contributed by atoms with van der Waals surface area (Å²) in [4.78, 5) is 11.9. The van der Waals surface area contributed by atoms with Gasteiger partial charge < -0.3 is 10.6 Å². The van der Waals surface area contributed by atoms with Crippen LogP contribution in [0.15, 0.2) is 11.9 Å². The van der Waals surface area contributed by atoms with Crippen molar-refractivity contribution in [2.24, 2.45) is 5.73 Å².